The molecule has 1 unspecified atom stereocenters. The molecule has 1 N–H and O–H groups in total. The number of carbonyl (C=O) groups excluding carboxylic acids is 2. The first-order valence-corrected chi connectivity index (χ1v) is 11.8. The maximum absolute atomic E-state index is 13.7. The smallest absolute Gasteiger partial charge is 0.416 e. The number of ether oxygens (including phenoxy) is 1. The second-order valence-corrected chi connectivity index (χ2v) is 10.3. The predicted molar refractivity (Wildman–Crippen MR) is 132 cm³/mol. The molecule has 0 saturated carbocycles. The number of halogens is 4. The lowest BCUT2D eigenvalue weighted by molar-refractivity contribution is -0.137. The highest BCUT2D eigenvalue weighted by Gasteiger charge is 2.46. The van der Waals surface area contributed by atoms with Crippen molar-refractivity contribution in [1.82, 2.24) is 0 Å². The second-order valence-electron chi connectivity index (χ2n) is 9.93. The molecule has 36 heavy (non-hydrogen) atoms. The Balaban J connectivity index is 1.82. The molecule has 2 atom stereocenters. The van der Waals surface area contributed by atoms with Crippen molar-refractivity contribution in [3.05, 3.63) is 69.9 Å². The van der Waals surface area contributed by atoms with Gasteiger partial charge < -0.3 is 10.1 Å². The summed E-state index contributed by atoms with van der Waals surface area (Å²) < 4.78 is 45.4. The quantitative estimate of drug-likeness (QED) is 0.482. The van der Waals surface area contributed by atoms with Crippen LogP contribution < -0.4 is 10.1 Å². The van der Waals surface area contributed by atoms with Crippen molar-refractivity contribution >= 4 is 34.7 Å². The summed E-state index contributed by atoms with van der Waals surface area (Å²) in [6.07, 6.45) is -3.75. The van der Waals surface area contributed by atoms with Crippen molar-refractivity contribution in [3.63, 3.8) is 0 Å². The number of anilines is 1. The maximum Gasteiger partial charge on any atom is 0.416 e. The first kappa shape index (κ1) is 25.9. The van der Waals surface area contributed by atoms with E-state index in [9.17, 15) is 22.8 Å². The van der Waals surface area contributed by atoms with Crippen LogP contribution in [-0.4, -0.2) is 24.5 Å². The summed E-state index contributed by atoms with van der Waals surface area (Å²) in [5.41, 5.74) is 0.767. The van der Waals surface area contributed by atoms with E-state index in [0.29, 0.717) is 41.1 Å². The Kier molecular flexibility index (Phi) is 6.77. The van der Waals surface area contributed by atoms with Crippen LogP contribution in [0, 0.1) is 11.3 Å². The number of allylic oxidation sites excluding steroid dienone is 2. The fraction of sp³-hybridized carbons (Fsp3) is 0.370. The zero-order valence-electron chi connectivity index (χ0n) is 20.3. The third-order valence-electron chi connectivity index (χ3n) is 6.61. The van der Waals surface area contributed by atoms with Crippen LogP contribution in [0.3, 0.4) is 0 Å². The van der Waals surface area contributed by atoms with Gasteiger partial charge in [0, 0.05) is 34.9 Å². The lowest BCUT2D eigenvalue weighted by Crippen LogP contribution is -2.41. The zero-order valence-corrected chi connectivity index (χ0v) is 21.1. The highest BCUT2D eigenvalue weighted by atomic mass is 35.5. The molecule has 5 nitrogen and oxygen atoms in total. The normalized spacial score (nSPS) is 21.6. The van der Waals surface area contributed by atoms with Crippen LogP contribution in [0.5, 0.6) is 5.75 Å². The lowest BCUT2D eigenvalue weighted by atomic mass is 9.66. The number of nitrogens with zero attached hydrogens (tertiary/aromatic N) is 1. The number of alkyl halides is 3. The Morgan fingerprint density at radius 3 is 2.53 bits per heavy atom. The number of carbonyl (C=O) groups is 2. The molecule has 9 heteroatoms. The Morgan fingerprint density at radius 2 is 1.86 bits per heavy atom. The second kappa shape index (κ2) is 9.39. The fourth-order valence-corrected chi connectivity index (χ4v) is 5.22. The number of amides is 1. The van der Waals surface area contributed by atoms with Crippen LogP contribution in [0.15, 0.2) is 58.7 Å². The molecular formula is C27H26ClF3N2O3. The monoisotopic (exact) mass is 518 g/mol. The first-order valence-electron chi connectivity index (χ1n) is 11.4. The van der Waals surface area contributed by atoms with Gasteiger partial charge in [0.2, 0.25) is 5.91 Å². The number of rotatable bonds is 4. The molecule has 0 radical (unpaired) electrons. The van der Waals surface area contributed by atoms with Crippen molar-refractivity contribution in [2.75, 3.05) is 12.4 Å². The summed E-state index contributed by atoms with van der Waals surface area (Å²) >= 11 is 6.14. The van der Waals surface area contributed by atoms with E-state index < -0.39 is 29.5 Å². The fourth-order valence-electron chi connectivity index (χ4n) is 5.05. The Morgan fingerprint density at radius 1 is 1.17 bits per heavy atom. The highest BCUT2D eigenvalue weighted by Crippen LogP contribution is 2.49. The average molecular weight is 519 g/mol. The summed E-state index contributed by atoms with van der Waals surface area (Å²) in [4.78, 5) is 31.8. The van der Waals surface area contributed by atoms with Gasteiger partial charge in [0.25, 0.3) is 0 Å². The van der Waals surface area contributed by atoms with Crippen molar-refractivity contribution in [3.8, 4) is 5.75 Å². The third kappa shape index (κ3) is 4.91. The largest absolute Gasteiger partial charge is 0.496 e. The maximum atomic E-state index is 13.7. The number of Topliss-reactive ketones (excluding diaryl/α,β-unsaturated/α-hetero) is 1. The molecule has 4 rings (SSSR count). The van der Waals surface area contributed by atoms with E-state index >= 15 is 0 Å². The molecule has 0 spiro atoms. The molecule has 2 aromatic rings. The van der Waals surface area contributed by atoms with Crippen LogP contribution >= 0.6 is 11.6 Å². The van der Waals surface area contributed by atoms with Gasteiger partial charge in [-0.3, -0.25) is 14.6 Å². The number of para-hydroxylation sites is 1. The van der Waals surface area contributed by atoms with Gasteiger partial charge in [-0.15, -0.1) is 0 Å². The number of nitrogens with one attached hydrogen (secondary N) is 1. The van der Waals surface area contributed by atoms with E-state index in [1.54, 1.807) is 31.2 Å². The molecule has 0 saturated heterocycles. The molecule has 190 valence electrons. The number of methoxy groups -OCH3 is 1. The van der Waals surface area contributed by atoms with E-state index in [-0.39, 0.29) is 21.9 Å². The van der Waals surface area contributed by atoms with E-state index in [1.165, 1.54) is 7.11 Å². The van der Waals surface area contributed by atoms with Gasteiger partial charge in [-0.2, -0.15) is 13.2 Å². The molecule has 2 aliphatic rings. The van der Waals surface area contributed by atoms with Crippen molar-refractivity contribution in [2.24, 2.45) is 16.3 Å². The minimum absolute atomic E-state index is 0.0361. The number of hydrogen-bond donors (Lipinski definition) is 1. The topological polar surface area (TPSA) is 67.8 Å². The van der Waals surface area contributed by atoms with Gasteiger partial charge >= 0.3 is 6.18 Å². The molecule has 0 bridgehead atoms. The number of aliphatic imine (C=N–C) groups is 1. The number of ketones is 1. The zero-order chi connectivity index (χ0) is 26.4. The molecule has 0 fully saturated rings. The summed E-state index contributed by atoms with van der Waals surface area (Å²) in [5, 5.41) is 2.52. The molecule has 1 aliphatic heterocycles. The Bertz CT molecular complexity index is 1300. The van der Waals surface area contributed by atoms with Crippen LogP contribution in [0.2, 0.25) is 5.02 Å². The SMILES string of the molecule is COc1ccccc1[C@H]1C2=C(CC(C)(C)CC2=O)N=C(C)C1C(=O)Nc1cc(C(F)(F)F)ccc1Cl. The van der Waals surface area contributed by atoms with Crippen LogP contribution in [0.4, 0.5) is 18.9 Å². The first-order chi connectivity index (χ1) is 16.8. The summed E-state index contributed by atoms with van der Waals surface area (Å²) in [6.45, 7) is 5.68. The number of hydrogen-bond acceptors (Lipinski definition) is 4. The molecule has 1 amide bonds. The van der Waals surface area contributed by atoms with E-state index in [4.69, 9.17) is 16.3 Å². The van der Waals surface area contributed by atoms with Gasteiger partial charge in [0.1, 0.15) is 5.75 Å². The molecule has 1 aliphatic carbocycles. The molecule has 1 heterocycles. The molecular weight excluding hydrogens is 493 g/mol. The van der Waals surface area contributed by atoms with E-state index in [2.05, 4.69) is 10.3 Å². The number of benzene rings is 2. The van der Waals surface area contributed by atoms with Crippen molar-refractivity contribution < 1.29 is 27.5 Å². The van der Waals surface area contributed by atoms with Gasteiger partial charge in [-0.25, -0.2) is 0 Å². The van der Waals surface area contributed by atoms with Crippen molar-refractivity contribution in [2.45, 2.75) is 45.7 Å². The average Bonchev–Trinajstić information content (AvgIpc) is 2.77. The van der Waals surface area contributed by atoms with Gasteiger partial charge in [0.15, 0.2) is 5.78 Å². The van der Waals surface area contributed by atoms with Crippen LogP contribution in [0.1, 0.15) is 50.7 Å². The predicted octanol–water partition coefficient (Wildman–Crippen LogP) is 6.82. The van der Waals surface area contributed by atoms with E-state index in [0.717, 1.165) is 18.2 Å². The third-order valence-corrected chi connectivity index (χ3v) is 6.94. The standard InChI is InChI=1S/C27H26ClF3N2O3/c1-14-22(25(35)33-18-11-15(27(29,30)31)9-10-17(18)28)23(16-7-5-6-8-21(16)36-4)24-19(32-14)12-26(2,3)13-20(24)34/h5-11,22-23H,12-13H2,1-4H3,(H,33,35)/t22?,23-/m1/s1. The van der Waals surface area contributed by atoms with Crippen molar-refractivity contribution in [1.29, 1.82) is 0 Å². The van der Waals surface area contributed by atoms with Gasteiger partial charge in [-0.1, -0.05) is 43.6 Å². The minimum atomic E-state index is -4.60. The van der Waals surface area contributed by atoms with Gasteiger partial charge in [0.05, 0.1) is 29.3 Å². The summed E-state index contributed by atoms with van der Waals surface area (Å²) in [5.74, 6) is -1.91. The summed E-state index contributed by atoms with van der Waals surface area (Å²) in [6, 6.07) is 9.84. The van der Waals surface area contributed by atoms with Crippen LogP contribution in [-0.2, 0) is 15.8 Å². The Hall–Kier alpha value is -3.13. The minimum Gasteiger partial charge on any atom is -0.496 e. The van der Waals surface area contributed by atoms with Crippen LogP contribution in [0.25, 0.3) is 0 Å². The Labute approximate surface area is 212 Å². The highest BCUT2D eigenvalue weighted by molar-refractivity contribution is 6.34. The summed E-state index contributed by atoms with van der Waals surface area (Å²) in [7, 11) is 1.50. The van der Waals surface area contributed by atoms with Gasteiger partial charge in [-0.05, 0) is 43.0 Å². The molecule has 0 aromatic heterocycles. The molecule has 2 aromatic carbocycles. The lowest BCUT2D eigenvalue weighted by Gasteiger charge is -2.39. The van der Waals surface area contributed by atoms with E-state index in [1.807, 2.05) is 13.8 Å².